The molecule has 8 heteroatoms. The molecule has 29 heavy (non-hydrogen) atoms. The molecule has 0 bridgehead atoms. The summed E-state index contributed by atoms with van der Waals surface area (Å²) in [6.07, 6.45) is 4.38. The van der Waals surface area contributed by atoms with Gasteiger partial charge in [0, 0.05) is 37.3 Å². The lowest BCUT2D eigenvalue weighted by Crippen LogP contribution is -2.33. The minimum absolute atomic E-state index is 0.0662. The standard InChI is InChI=1S/C21H23F2N3O3/c1-11-18-14(20(27)15(21(28)29)10-26(18)13-4-5-13)7-16(22)19(11)25-6-2-3-12(9-25)17(23)8-24/h7,10,13H,2-6,8-9,24H2,1H3,(H,28,29)/b17-12-. The van der Waals surface area contributed by atoms with Gasteiger partial charge in [-0.3, -0.25) is 4.79 Å². The fourth-order valence-corrected chi connectivity index (χ4v) is 4.28. The third kappa shape index (κ3) is 3.31. The van der Waals surface area contributed by atoms with Crippen molar-refractivity contribution >= 4 is 22.6 Å². The predicted octanol–water partition coefficient (Wildman–Crippen LogP) is 3.26. The van der Waals surface area contributed by atoms with Crippen molar-refractivity contribution in [3.05, 3.63) is 50.8 Å². The lowest BCUT2D eigenvalue weighted by Gasteiger charge is -2.33. The first-order valence-electron chi connectivity index (χ1n) is 9.76. The molecule has 154 valence electrons. The van der Waals surface area contributed by atoms with Crippen LogP contribution >= 0.6 is 0 Å². The van der Waals surface area contributed by atoms with Gasteiger partial charge in [0.15, 0.2) is 0 Å². The highest BCUT2D eigenvalue weighted by atomic mass is 19.1. The van der Waals surface area contributed by atoms with E-state index in [-0.39, 0.29) is 35.9 Å². The van der Waals surface area contributed by atoms with Gasteiger partial charge in [-0.2, -0.15) is 0 Å². The molecule has 4 rings (SSSR count). The number of carbonyl (C=O) groups is 1. The number of aromatic nitrogens is 1. The number of benzene rings is 1. The third-order valence-electron chi connectivity index (χ3n) is 5.82. The zero-order valence-corrected chi connectivity index (χ0v) is 16.2. The van der Waals surface area contributed by atoms with Gasteiger partial charge in [0.05, 0.1) is 11.2 Å². The Kier molecular flexibility index (Phi) is 4.90. The maximum atomic E-state index is 15.2. The van der Waals surface area contributed by atoms with Crippen molar-refractivity contribution in [1.29, 1.82) is 0 Å². The first-order valence-corrected chi connectivity index (χ1v) is 9.76. The van der Waals surface area contributed by atoms with Crippen molar-refractivity contribution < 1.29 is 18.7 Å². The number of halogens is 2. The number of fused-ring (bicyclic) bond motifs is 1. The number of piperidine rings is 1. The number of rotatable bonds is 4. The van der Waals surface area contributed by atoms with E-state index in [9.17, 15) is 19.1 Å². The summed E-state index contributed by atoms with van der Waals surface area (Å²) in [5.74, 6) is -2.29. The van der Waals surface area contributed by atoms with Crippen LogP contribution in [0.2, 0.25) is 0 Å². The quantitative estimate of drug-likeness (QED) is 0.818. The lowest BCUT2D eigenvalue weighted by atomic mass is 9.99. The average Bonchev–Trinajstić information content (AvgIpc) is 3.53. The highest BCUT2D eigenvalue weighted by molar-refractivity contribution is 5.95. The van der Waals surface area contributed by atoms with E-state index < -0.39 is 17.2 Å². The molecule has 1 aromatic heterocycles. The van der Waals surface area contributed by atoms with Gasteiger partial charge in [-0.15, -0.1) is 0 Å². The van der Waals surface area contributed by atoms with Crippen LogP contribution in [0.1, 0.15) is 47.6 Å². The molecule has 0 radical (unpaired) electrons. The summed E-state index contributed by atoms with van der Waals surface area (Å²) >= 11 is 0. The summed E-state index contributed by atoms with van der Waals surface area (Å²) in [6, 6.07) is 1.22. The maximum absolute atomic E-state index is 15.2. The minimum Gasteiger partial charge on any atom is -0.477 e. The van der Waals surface area contributed by atoms with Crippen LogP contribution in [0.4, 0.5) is 14.5 Å². The van der Waals surface area contributed by atoms with Crippen LogP contribution in [0.15, 0.2) is 28.5 Å². The van der Waals surface area contributed by atoms with Crippen molar-refractivity contribution in [2.75, 3.05) is 24.5 Å². The van der Waals surface area contributed by atoms with Gasteiger partial charge < -0.3 is 20.3 Å². The molecule has 2 heterocycles. The Morgan fingerprint density at radius 3 is 2.72 bits per heavy atom. The number of aryl methyl sites for hydroxylation is 1. The molecule has 0 unspecified atom stereocenters. The fourth-order valence-electron chi connectivity index (χ4n) is 4.28. The number of carboxylic acids is 1. The number of hydrogen-bond acceptors (Lipinski definition) is 4. The molecule has 1 aliphatic heterocycles. The van der Waals surface area contributed by atoms with Gasteiger partial charge in [-0.1, -0.05) is 0 Å². The van der Waals surface area contributed by atoms with E-state index >= 15 is 4.39 Å². The largest absolute Gasteiger partial charge is 0.477 e. The molecular weight excluding hydrogens is 380 g/mol. The van der Waals surface area contributed by atoms with Crippen LogP contribution in [-0.2, 0) is 0 Å². The SMILES string of the molecule is Cc1c(N2CCC/C(=C(/F)CN)C2)c(F)cc2c(=O)c(C(=O)O)cn(C3CC3)c12. The number of pyridine rings is 1. The topological polar surface area (TPSA) is 88.6 Å². The van der Waals surface area contributed by atoms with Gasteiger partial charge in [-0.05, 0) is 49.8 Å². The second-order valence-corrected chi connectivity index (χ2v) is 7.78. The molecule has 2 aliphatic rings. The summed E-state index contributed by atoms with van der Waals surface area (Å²) < 4.78 is 31.0. The van der Waals surface area contributed by atoms with Crippen molar-refractivity contribution in [3.8, 4) is 0 Å². The van der Waals surface area contributed by atoms with Crippen LogP contribution in [-0.4, -0.2) is 35.3 Å². The molecule has 3 N–H and O–H groups in total. The molecule has 1 aliphatic carbocycles. The Morgan fingerprint density at radius 1 is 1.38 bits per heavy atom. The number of aromatic carboxylic acids is 1. The molecule has 0 spiro atoms. The summed E-state index contributed by atoms with van der Waals surface area (Å²) in [4.78, 5) is 26.0. The monoisotopic (exact) mass is 403 g/mol. The maximum Gasteiger partial charge on any atom is 0.341 e. The van der Waals surface area contributed by atoms with Gasteiger partial charge >= 0.3 is 5.97 Å². The number of nitrogens with zero attached hydrogens (tertiary/aromatic N) is 2. The first kappa shape index (κ1) is 19.6. The summed E-state index contributed by atoms with van der Waals surface area (Å²) in [6.45, 7) is 2.36. The number of carboxylic acid groups (broad SMARTS) is 1. The van der Waals surface area contributed by atoms with Crippen LogP contribution in [0, 0.1) is 12.7 Å². The third-order valence-corrected chi connectivity index (χ3v) is 5.82. The summed E-state index contributed by atoms with van der Waals surface area (Å²) in [5.41, 5.74) is 6.39. The van der Waals surface area contributed by atoms with E-state index in [1.54, 1.807) is 16.4 Å². The van der Waals surface area contributed by atoms with Gasteiger partial charge in [0.1, 0.15) is 17.2 Å². The van der Waals surface area contributed by atoms with E-state index in [0.717, 1.165) is 18.9 Å². The molecular formula is C21H23F2N3O3. The van der Waals surface area contributed by atoms with E-state index in [1.165, 1.54) is 6.20 Å². The Balaban J connectivity index is 1.93. The van der Waals surface area contributed by atoms with E-state index in [4.69, 9.17) is 5.73 Å². The van der Waals surface area contributed by atoms with Gasteiger partial charge in [-0.25, -0.2) is 13.6 Å². The molecule has 2 fully saturated rings. The van der Waals surface area contributed by atoms with Crippen LogP contribution in [0.25, 0.3) is 10.9 Å². The fraction of sp³-hybridized carbons (Fsp3) is 0.429. The second kappa shape index (κ2) is 7.26. The normalized spacial score (nSPS) is 19.0. The van der Waals surface area contributed by atoms with Crippen LogP contribution in [0.5, 0.6) is 0 Å². The average molecular weight is 403 g/mol. The van der Waals surface area contributed by atoms with Crippen molar-refractivity contribution in [1.82, 2.24) is 4.57 Å². The number of anilines is 1. The second-order valence-electron chi connectivity index (χ2n) is 7.78. The molecule has 1 saturated carbocycles. The van der Waals surface area contributed by atoms with Crippen molar-refractivity contribution in [3.63, 3.8) is 0 Å². The molecule has 1 saturated heterocycles. The van der Waals surface area contributed by atoms with Crippen LogP contribution < -0.4 is 16.1 Å². The molecule has 6 nitrogen and oxygen atoms in total. The smallest absolute Gasteiger partial charge is 0.341 e. The Morgan fingerprint density at radius 2 is 2.10 bits per heavy atom. The summed E-state index contributed by atoms with van der Waals surface area (Å²) in [7, 11) is 0. The van der Waals surface area contributed by atoms with E-state index in [1.807, 2.05) is 0 Å². The number of nitrogens with two attached hydrogens (primary N) is 1. The van der Waals surface area contributed by atoms with Crippen LogP contribution in [0.3, 0.4) is 0 Å². The van der Waals surface area contributed by atoms with E-state index in [2.05, 4.69) is 0 Å². The molecule has 0 amide bonds. The number of hydrogen-bond donors (Lipinski definition) is 2. The van der Waals surface area contributed by atoms with Gasteiger partial charge in [0.25, 0.3) is 0 Å². The molecule has 1 aromatic carbocycles. The predicted molar refractivity (Wildman–Crippen MR) is 107 cm³/mol. The highest BCUT2D eigenvalue weighted by Crippen LogP contribution is 2.40. The molecule has 0 atom stereocenters. The lowest BCUT2D eigenvalue weighted by molar-refractivity contribution is 0.0695. The molecule has 2 aromatic rings. The minimum atomic E-state index is -1.32. The first-order chi connectivity index (χ1) is 13.8. The zero-order valence-electron chi connectivity index (χ0n) is 16.2. The highest BCUT2D eigenvalue weighted by Gasteiger charge is 2.30. The van der Waals surface area contributed by atoms with Crippen molar-refractivity contribution in [2.24, 2.45) is 5.73 Å². The Hall–Kier alpha value is -2.74. The summed E-state index contributed by atoms with van der Waals surface area (Å²) in [5, 5.41) is 9.45. The Labute approximate surface area is 166 Å². The Bertz CT molecular complexity index is 1100. The van der Waals surface area contributed by atoms with Crippen molar-refractivity contribution in [2.45, 2.75) is 38.6 Å². The zero-order chi connectivity index (χ0) is 20.9. The van der Waals surface area contributed by atoms with Gasteiger partial charge in [0.2, 0.25) is 5.43 Å². The van der Waals surface area contributed by atoms with E-state index in [0.29, 0.717) is 41.7 Å².